The number of hydrogen-bond acceptors (Lipinski definition) is 3. The maximum atomic E-state index is 12.0. The first-order valence-corrected chi connectivity index (χ1v) is 5.87. The standard InChI is InChI=1S/C14H15NO3/c1-3-12(16)14-9(2)15(8-13(17)18)11-7-5-4-6-10(11)14/h4-7H,3,8H2,1-2H3,(H,17,18)/p-1. The molecule has 0 saturated carbocycles. The molecule has 2 rings (SSSR count). The number of hydrogen-bond donors (Lipinski definition) is 0. The van der Waals surface area contributed by atoms with Crippen molar-refractivity contribution in [3.63, 3.8) is 0 Å². The third-order valence-electron chi connectivity index (χ3n) is 3.12. The summed E-state index contributed by atoms with van der Waals surface area (Å²) < 4.78 is 1.62. The molecule has 2 aromatic rings. The predicted molar refractivity (Wildman–Crippen MR) is 66.3 cm³/mol. The molecule has 0 aliphatic carbocycles. The minimum atomic E-state index is -1.16. The number of fused-ring (bicyclic) bond motifs is 1. The summed E-state index contributed by atoms with van der Waals surface area (Å²) in [6.07, 6.45) is 0.403. The molecule has 18 heavy (non-hydrogen) atoms. The lowest BCUT2D eigenvalue weighted by molar-refractivity contribution is -0.306. The molecule has 0 saturated heterocycles. The molecule has 0 atom stereocenters. The second-order valence-electron chi connectivity index (χ2n) is 4.21. The fourth-order valence-corrected chi connectivity index (χ4v) is 2.29. The van der Waals surface area contributed by atoms with Crippen LogP contribution in [0.2, 0.25) is 0 Å². The number of benzene rings is 1. The van der Waals surface area contributed by atoms with Crippen molar-refractivity contribution >= 4 is 22.7 Å². The summed E-state index contributed by atoms with van der Waals surface area (Å²) in [6.45, 7) is 3.34. The monoisotopic (exact) mass is 244 g/mol. The Labute approximate surface area is 105 Å². The maximum absolute atomic E-state index is 12.0. The summed E-state index contributed by atoms with van der Waals surface area (Å²) in [4.78, 5) is 22.8. The average Bonchev–Trinajstić information content (AvgIpc) is 2.62. The lowest BCUT2D eigenvalue weighted by Gasteiger charge is -2.08. The zero-order valence-corrected chi connectivity index (χ0v) is 10.4. The molecular formula is C14H14NO3-. The van der Waals surface area contributed by atoms with E-state index in [4.69, 9.17) is 0 Å². The van der Waals surface area contributed by atoms with E-state index in [9.17, 15) is 14.7 Å². The largest absolute Gasteiger partial charge is 0.548 e. The molecule has 0 aliphatic heterocycles. The van der Waals surface area contributed by atoms with Gasteiger partial charge in [0.2, 0.25) is 0 Å². The van der Waals surface area contributed by atoms with E-state index in [0.29, 0.717) is 17.7 Å². The zero-order chi connectivity index (χ0) is 13.3. The van der Waals surface area contributed by atoms with Gasteiger partial charge in [0, 0.05) is 28.6 Å². The Kier molecular flexibility index (Phi) is 3.19. The van der Waals surface area contributed by atoms with E-state index in [2.05, 4.69) is 0 Å². The quantitative estimate of drug-likeness (QED) is 0.761. The summed E-state index contributed by atoms with van der Waals surface area (Å²) in [5.74, 6) is -1.13. The second-order valence-corrected chi connectivity index (χ2v) is 4.21. The van der Waals surface area contributed by atoms with Gasteiger partial charge in [-0.05, 0) is 13.0 Å². The molecule has 0 radical (unpaired) electrons. The van der Waals surface area contributed by atoms with Crippen LogP contribution in [0.25, 0.3) is 10.9 Å². The highest BCUT2D eigenvalue weighted by Crippen LogP contribution is 2.26. The predicted octanol–water partition coefficient (Wildman–Crippen LogP) is 1.29. The van der Waals surface area contributed by atoms with Crippen molar-refractivity contribution in [2.45, 2.75) is 26.8 Å². The van der Waals surface area contributed by atoms with Crippen LogP contribution in [0.4, 0.5) is 0 Å². The Balaban J connectivity index is 2.75. The molecule has 0 bridgehead atoms. The lowest BCUT2D eigenvalue weighted by Crippen LogP contribution is -2.27. The number of aromatic nitrogens is 1. The molecule has 1 heterocycles. The summed E-state index contributed by atoms with van der Waals surface area (Å²) in [5.41, 5.74) is 2.07. The van der Waals surface area contributed by atoms with E-state index in [-0.39, 0.29) is 12.3 Å². The first kappa shape index (κ1) is 12.4. The minimum absolute atomic E-state index is 0.0285. The van der Waals surface area contributed by atoms with Crippen LogP contribution in [-0.4, -0.2) is 16.3 Å². The summed E-state index contributed by atoms with van der Waals surface area (Å²) in [5, 5.41) is 11.6. The van der Waals surface area contributed by atoms with E-state index < -0.39 is 5.97 Å². The highest BCUT2D eigenvalue weighted by Gasteiger charge is 2.18. The van der Waals surface area contributed by atoms with Crippen molar-refractivity contribution in [1.82, 2.24) is 4.57 Å². The van der Waals surface area contributed by atoms with Gasteiger partial charge in [0.1, 0.15) is 0 Å². The first-order valence-electron chi connectivity index (χ1n) is 5.87. The van der Waals surface area contributed by atoms with Crippen LogP contribution in [0.1, 0.15) is 29.4 Å². The van der Waals surface area contributed by atoms with Crippen LogP contribution in [0, 0.1) is 6.92 Å². The number of ketones is 1. The molecule has 4 heteroatoms. The van der Waals surface area contributed by atoms with Gasteiger partial charge in [-0.3, -0.25) is 4.79 Å². The van der Waals surface area contributed by atoms with Gasteiger partial charge in [-0.15, -0.1) is 0 Å². The van der Waals surface area contributed by atoms with Crippen LogP contribution >= 0.6 is 0 Å². The van der Waals surface area contributed by atoms with Crippen LogP contribution in [0.3, 0.4) is 0 Å². The van der Waals surface area contributed by atoms with Gasteiger partial charge in [0.25, 0.3) is 0 Å². The number of rotatable bonds is 4. The van der Waals surface area contributed by atoms with Gasteiger partial charge < -0.3 is 14.5 Å². The molecule has 0 N–H and O–H groups in total. The number of Topliss-reactive ketones (excluding diaryl/α,β-unsaturated/α-hetero) is 1. The van der Waals surface area contributed by atoms with Crippen LogP contribution in [-0.2, 0) is 11.3 Å². The molecule has 0 spiro atoms. The Morgan fingerprint density at radius 3 is 2.56 bits per heavy atom. The lowest BCUT2D eigenvalue weighted by atomic mass is 10.1. The first-order chi connectivity index (χ1) is 8.56. The smallest absolute Gasteiger partial charge is 0.165 e. The highest BCUT2D eigenvalue weighted by molar-refractivity contribution is 6.09. The molecule has 4 nitrogen and oxygen atoms in total. The van der Waals surface area contributed by atoms with Crippen molar-refractivity contribution in [1.29, 1.82) is 0 Å². The SMILES string of the molecule is CCC(=O)c1c(C)n(CC(=O)[O-])c2ccccc12. The fourth-order valence-electron chi connectivity index (χ4n) is 2.29. The molecular weight excluding hydrogens is 230 g/mol. The molecule has 1 aromatic carbocycles. The number of nitrogens with zero attached hydrogens (tertiary/aromatic N) is 1. The minimum Gasteiger partial charge on any atom is -0.548 e. The van der Waals surface area contributed by atoms with E-state index in [1.54, 1.807) is 18.4 Å². The number of para-hydroxylation sites is 1. The number of carbonyl (C=O) groups is 2. The van der Waals surface area contributed by atoms with E-state index in [1.165, 1.54) is 0 Å². The summed E-state index contributed by atoms with van der Waals surface area (Å²) in [6, 6.07) is 7.33. The van der Waals surface area contributed by atoms with E-state index >= 15 is 0 Å². The zero-order valence-electron chi connectivity index (χ0n) is 10.4. The molecule has 94 valence electrons. The average molecular weight is 244 g/mol. The Bertz CT molecular complexity index is 625. The molecule has 0 amide bonds. The molecule has 0 aliphatic rings. The van der Waals surface area contributed by atoms with Gasteiger partial charge in [-0.25, -0.2) is 0 Å². The highest BCUT2D eigenvalue weighted by atomic mass is 16.4. The van der Waals surface area contributed by atoms with E-state index in [0.717, 1.165) is 10.9 Å². The number of aliphatic carboxylic acids is 1. The van der Waals surface area contributed by atoms with Crippen LogP contribution < -0.4 is 5.11 Å². The number of carboxylic acids is 1. The van der Waals surface area contributed by atoms with Crippen molar-refractivity contribution < 1.29 is 14.7 Å². The van der Waals surface area contributed by atoms with Crippen molar-refractivity contribution in [2.24, 2.45) is 0 Å². The maximum Gasteiger partial charge on any atom is 0.165 e. The number of carboxylic acid groups (broad SMARTS) is 1. The van der Waals surface area contributed by atoms with Gasteiger partial charge >= 0.3 is 0 Å². The van der Waals surface area contributed by atoms with Crippen LogP contribution in [0.15, 0.2) is 24.3 Å². The molecule has 0 fully saturated rings. The van der Waals surface area contributed by atoms with E-state index in [1.807, 2.05) is 24.3 Å². The van der Waals surface area contributed by atoms with Crippen molar-refractivity contribution in [2.75, 3.05) is 0 Å². The van der Waals surface area contributed by atoms with Crippen LogP contribution in [0.5, 0.6) is 0 Å². The van der Waals surface area contributed by atoms with Gasteiger partial charge in [-0.2, -0.15) is 0 Å². The molecule has 0 unspecified atom stereocenters. The normalized spacial score (nSPS) is 10.8. The Morgan fingerprint density at radius 2 is 1.94 bits per heavy atom. The Morgan fingerprint density at radius 1 is 1.28 bits per heavy atom. The second kappa shape index (κ2) is 4.64. The number of carbonyl (C=O) groups excluding carboxylic acids is 2. The topological polar surface area (TPSA) is 62.1 Å². The summed E-state index contributed by atoms with van der Waals surface area (Å²) in [7, 11) is 0. The van der Waals surface area contributed by atoms with Gasteiger partial charge in [0.15, 0.2) is 5.78 Å². The van der Waals surface area contributed by atoms with Crippen molar-refractivity contribution in [3.05, 3.63) is 35.5 Å². The Hall–Kier alpha value is -2.10. The third-order valence-corrected chi connectivity index (χ3v) is 3.12. The fraction of sp³-hybridized carbons (Fsp3) is 0.286. The molecule has 1 aromatic heterocycles. The summed E-state index contributed by atoms with van der Waals surface area (Å²) >= 11 is 0. The van der Waals surface area contributed by atoms with Gasteiger partial charge in [-0.1, -0.05) is 25.1 Å². The third kappa shape index (κ3) is 1.90. The van der Waals surface area contributed by atoms with Crippen molar-refractivity contribution in [3.8, 4) is 0 Å². The van der Waals surface area contributed by atoms with Gasteiger partial charge in [0.05, 0.1) is 12.5 Å².